The second-order valence-corrected chi connectivity index (χ2v) is 4.90. The molecule has 3 N–H and O–H groups in total. The molecule has 0 aliphatic heterocycles. The Morgan fingerprint density at radius 2 is 1.74 bits per heavy atom. The topological polar surface area (TPSA) is 92.2 Å². The maximum Gasteiger partial charge on any atom is 0.323 e. The number of hydrogen-bond donors (Lipinski definition) is 3. The normalized spacial score (nSPS) is 11.2. The van der Waals surface area contributed by atoms with E-state index in [9.17, 15) is 5.11 Å². The zero-order valence-corrected chi connectivity index (χ0v) is 12.0. The number of nitrogens with zero attached hydrogens (tertiary/aromatic N) is 3. The first-order chi connectivity index (χ1) is 9.00. The summed E-state index contributed by atoms with van der Waals surface area (Å²) in [5.41, 5.74) is -0.239. The number of anilines is 2. The number of rotatable bonds is 8. The number of hydrogen-bond acceptors (Lipinski definition) is 7. The van der Waals surface area contributed by atoms with Crippen LogP contribution < -0.4 is 15.4 Å². The summed E-state index contributed by atoms with van der Waals surface area (Å²) in [6, 6.07) is 0.290. The second kappa shape index (κ2) is 7.08. The van der Waals surface area contributed by atoms with Crippen LogP contribution in [-0.4, -0.2) is 46.4 Å². The van der Waals surface area contributed by atoms with Gasteiger partial charge in [-0.2, -0.15) is 15.0 Å². The Kier molecular flexibility index (Phi) is 5.75. The molecule has 108 valence electrons. The summed E-state index contributed by atoms with van der Waals surface area (Å²) in [4.78, 5) is 12.5. The van der Waals surface area contributed by atoms with Crippen LogP contribution in [-0.2, 0) is 0 Å². The van der Waals surface area contributed by atoms with Gasteiger partial charge in [-0.25, -0.2) is 0 Å². The van der Waals surface area contributed by atoms with Crippen molar-refractivity contribution in [1.29, 1.82) is 0 Å². The van der Waals surface area contributed by atoms with E-state index in [0.717, 1.165) is 6.54 Å². The van der Waals surface area contributed by atoms with Crippen LogP contribution in [0.3, 0.4) is 0 Å². The first kappa shape index (κ1) is 15.4. The number of ether oxygens (including phenoxy) is 1. The highest BCUT2D eigenvalue weighted by atomic mass is 16.5. The zero-order chi connectivity index (χ0) is 14.3. The van der Waals surface area contributed by atoms with E-state index < -0.39 is 0 Å². The van der Waals surface area contributed by atoms with Gasteiger partial charge in [0.2, 0.25) is 11.9 Å². The van der Waals surface area contributed by atoms with E-state index in [4.69, 9.17) is 4.74 Å². The van der Waals surface area contributed by atoms with Crippen molar-refractivity contribution in [1.82, 2.24) is 15.0 Å². The summed E-state index contributed by atoms with van der Waals surface area (Å²) in [7, 11) is 0. The van der Waals surface area contributed by atoms with E-state index in [0.29, 0.717) is 25.0 Å². The maximum absolute atomic E-state index is 9.22. The molecule has 0 aromatic carbocycles. The van der Waals surface area contributed by atoms with E-state index in [1.165, 1.54) is 0 Å². The number of aliphatic hydroxyl groups excluding tert-OH is 1. The Hall–Kier alpha value is -1.63. The fourth-order valence-corrected chi connectivity index (χ4v) is 1.24. The third-order valence-electron chi connectivity index (χ3n) is 2.38. The van der Waals surface area contributed by atoms with Crippen molar-refractivity contribution in [3.05, 3.63) is 0 Å². The van der Waals surface area contributed by atoms with Gasteiger partial charge in [-0.3, -0.25) is 0 Å². The lowest BCUT2D eigenvalue weighted by Gasteiger charge is -2.21. The Morgan fingerprint density at radius 3 is 2.26 bits per heavy atom. The molecule has 0 spiro atoms. The van der Waals surface area contributed by atoms with Crippen molar-refractivity contribution in [3.63, 3.8) is 0 Å². The molecule has 1 aromatic heterocycles. The van der Waals surface area contributed by atoms with E-state index in [1.54, 1.807) is 0 Å². The van der Waals surface area contributed by atoms with Gasteiger partial charge in [-0.1, -0.05) is 13.8 Å². The van der Waals surface area contributed by atoms with Crippen LogP contribution in [0, 0.1) is 5.41 Å². The highest BCUT2D eigenvalue weighted by Crippen LogP contribution is 2.16. The second-order valence-electron chi connectivity index (χ2n) is 4.90. The molecular formula is C12H23N5O2. The molecule has 1 aromatic rings. The van der Waals surface area contributed by atoms with Crippen molar-refractivity contribution in [3.8, 4) is 6.01 Å². The minimum atomic E-state index is -0.239. The molecule has 0 amide bonds. The summed E-state index contributed by atoms with van der Waals surface area (Å²) in [6.07, 6.45) is 0. The van der Waals surface area contributed by atoms with Crippen LogP contribution in [0.1, 0.15) is 27.7 Å². The molecular weight excluding hydrogens is 246 g/mol. The Bertz CT molecular complexity index is 373. The molecule has 0 unspecified atom stereocenters. The van der Waals surface area contributed by atoms with Crippen molar-refractivity contribution < 1.29 is 9.84 Å². The molecule has 0 saturated carbocycles. The summed E-state index contributed by atoms with van der Waals surface area (Å²) < 4.78 is 5.30. The average Bonchev–Trinajstić information content (AvgIpc) is 2.37. The van der Waals surface area contributed by atoms with E-state index in [2.05, 4.69) is 25.6 Å². The fraction of sp³-hybridized carbons (Fsp3) is 0.750. The molecule has 0 fully saturated rings. The van der Waals surface area contributed by atoms with E-state index >= 15 is 0 Å². The smallest absolute Gasteiger partial charge is 0.323 e. The molecule has 0 aliphatic rings. The van der Waals surface area contributed by atoms with Gasteiger partial charge in [0, 0.05) is 25.1 Å². The zero-order valence-electron chi connectivity index (χ0n) is 12.0. The summed E-state index contributed by atoms with van der Waals surface area (Å²) in [5.74, 6) is 0.918. The van der Waals surface area contributed by atoms with Crippen molar-refractivity contribution in [2.75, 3.05) is 36.9 Å². The lowest BCUT2D eigenvalue weighted by atomic mass is 9.95. The lowest BCUT2D eigenvalue weighted by molar-refractivity contribution is 0.170. The molecule has 0 bridgehead atoms. The predicted octanol–water partition coefficient (Wildman–Crippen LogP) is 1.13. The molecule has 7 nitrogen and oxygen atoms in total. The standard InChI is InChI=1S/C12H23N5O2/c1-5-13-9-15-10(14-7-12(3,4)8-18)17-11(16-9)19-6-2/h18H,5-8H2,1-4H3,(H2,13,14,15,16,17). The van der Waals surface area contributed by atoms with Gasteiger partial charge >= 0.3 is 6.01 Å². The number of aliphatic hydroxyl groups is 1. The van der Waals surface area contributed by atoms with Crippen molar-refractivity contribution in [2.45, 2.75) is 27.7 Å². The average molecular weight is 269 g/mol. The van der Waals surface area contributed by atoms with Gasteiger partial charge in [0.25, 0.3) is 0 Å². The predicted molar refractivity (Wildman–Crippen MR) is 74.5 cm³/mol. The van der Waals surface area contributed by atoms with Crippen LogP contribution in [0.15, 0.2) is 0 Å². The SMILES string of the molecule is CCNc1nc(NCC(C)(C)CO)nc(OCC)n1. The molecule has 0 radical (unpaired) electrons. The molecule has 0 saturated heterocycles. The van der Waals surface area contributed by atoms with Crippen LogP contribution in [0.25, 0.3) is 0 Å². The molecule has 19 heavy (non-hydrogen) atoms. The third-order valence-corrected chi connectivity index (χ3v) is 2.38. The first-order valence-corrected chi connectivity index (χ1v) is 6.48. The van der Waals surface area contributed by atoms with Crippen molar-refractivity contribution in [2.24, 2.45) is 5.41 Å². The van der Waals surface area contributed by atoms with Crippen molar-refractivity contribution >= 4 is 11.9 Å². The van der Waals surface area contributed by atoms with Crippen LogP contribution in [0.2, 0.25) is 0 Å². The summed E-state index contributed by atoms with van der Waals surface area (Å²) >= 11 is 0. The number of nitrogens with one attached hydrogen (secondary N) is 2. The highest BCUT2D eigenvalue weighted by molar-refractivity contribution is 5.35. The summed E-state index contributed by atoms with van der Waals surface area (Å²) in [6.45, 7) is 9.61. The van der Waals surface area contributed by atoms with Gasteiger partial charge in [-0.15, -0.1) is 0 Å². The monoisotopic (exact) mass is 269 g/mol. The van der Waals surface area contributed by atoms with E-state index in [1.807, 2.05) is 27.7 Å². The van der Waals surface area contributed by atoms with E-state index in [-0.39, 0.29) is 18.0 Å². The minimum absolute atomic E-state index is 0.0868. The molecule has 1 rings (SSSR count). The van der Waals surface area contributed by atoms with Crippen LogP contribution in [0.4, 0.5) is 11.9 Å². The van der Waals surface area contributed by atoms with Crippen LogP contribution in [0.5, 0.6) is 6.01 Å². The van der Waals surface area contributed by atoms with Gasteiger partial charge in [-0.05, 0) is 13.8 Å². The van der Waals surface area contributed by atoms with Crippen LogP contribution >= 0.6 is 0 Å². The Labute approximate surface area is 113 Å². The third kappa shape index (κ3) is 5.25. The largest absolute Gasteiger partial charge is 0.464 e. The first-order valence-electron chi connectivity index (χ1n) is 6.48. The molecule has 7 heteroatoms. The Balaban J connectivity index is 2.80. The van der Waals surface area contributed by atoms with Gasteiger partial charge in [0.15, 0.2) is 0 Å². The minimum Gasteiger partial charge on any atom is -0.464 e. The number of aromatic nitrogens is 3. The molecule has 0 atom stereocenters. The quantitative estimate of drug-likeness (QED) is 0.651. The Morgan fingerprint density at radius 1 is 1.11 bits per heavy atom. The lowest BCUT2D eigenvalue weighted by Crippen LogP contribution is -2.27. The molecule has 0 aliphatic carbocycles. The fourth-order valence-electron chi connectivity index (χ4n) is 1.24. The van der Waals surface area contributed by atoms with Gasteiger partial charge in [0.1, 0.15) is 0 Å². The van der Waals surface area contributed by atoms with Gasteiger partial charge < -0.3 is 20.5 Å². The van der Waals surface area contributed by atoms with Gasteiger partial charge in [0.05, 0.1) is 6.61 Å². The maximum atomic E-state index is 9.22. The summed E-state index contributed by atoms with van der Waals surface area (Å²) in [5, 5.41) is 15.3. The highest BCUT2D eigenvalue weighted by Gasteiger charge is 2.17. The molecule has 1 heterocycles.